The summed E-state index contributed by atoms with van der Waals surface area (Å²) in [6.07, 6.45) is 0. The SMILES string of the molecule is Clc1ccc(-c2nnc3n2N=C(c2ccc(Br)s2)CS3)cc1. The third kappa shape index (κ3) is 2.62. The van der Waals surface area contributed by atoms with Gasteiger partial charge in [0.1, 0.15) is 0 Å². The number of hydrogen-bond acceptors (Lipinski definition) is 5. The quantitative estimate of drug-likeness (QED) is 0.609. The van der Waals surface area contributed by atoms with E-state index in [1.165, 1.54) is 0 Å². The second-order valence-corrected chi connectivity index (χ2v) is 8.41. The summed E-state index contributed by atoms with van der Waals surface area (Å²) in [5.74, 6) is 1.53. The Kier molecular flexibility index (Phi) is 3.81. The zero-order valence-corrected chi connectivity index (χ0v) is 15.0. The van der Waals surface area contributed by atoms with Crippen LogP contribution in [0.4, 0.5) is 0 Å². The van der Waals surface area contributed by atoms with Crippen molar-refractivity contribution in [1.82, 2.24) is 14.9 Å². The summed E-state index contributed by atoms with van der Waals surface area (Å²) in [4.78, 5) is 1.15. The Morgan fingerprint density at radius 3 is 2.64 bits per heavy atom. The molecule has 0 aliphatic carbocycles. The maximum Gasteiger partial charge on any atom is 0.212 e. The van der Waals surface area contributed by atoms with Gasteiger partial charge in [0, 0.05) is 16.3 Å². The molecule has 1 aliphatic rings. The summed E-state index contributed by atoms with van der Waals surface area (Å²) in [6, 6.07) is 11.6. The van der Waals surface area contributed by atoms with Crippen LogP contribution >= 0.6 is 50.6 Å². The van der Waals surface area contributed by atoms with Crippen LogP contribution in [0.5, 0.6) is 0 Å². The molecule has 1 aromatic carbocycles. The molecule has 0 amide bonds. The lowest BCUT2D eigenvalue weighted by Gasteiger charge is -2.12. The molecule has 0 saturated heterocycles. The van der Waals surface area contributed by atoms with Crippen molar-refractivity contribution in [3.05, 3.63) is 50.1 Å². The highest BCUT2D eigenvalue weighted by Gasteiger charge is 2.21. The van der Waals surface area contributed by atoms with Crippen molar-refractivity contribution in [2.45, 2.75) is 5.16 Å². The summed E-state index contributed by atoms with van der Waals surface area (Å²) in [7, 11) is 0. The van der Waals surface area contributed by atoms with Crippen LogP contribution in [-0.2, 0) is 0 Å². The van der Waals surface area contributed by atoms with E-state index in [1.54, 1.807) is 27.8 Å². The summed E-state index contributed by atoms with van der Waals surface area (Å²) in [5.41, 5.74) is 1.98. The molecule has 0 saturated carbocycles. The number of nitrogens with zero attached hydrogens (tertiary/aromatic N) is 4. The van der Waals surface area contributed by atoms with E-state index in [4.69, 9.17) is 16.7 Å². The third-order valence-corrected chi connectivity index (χ3v) is 5.99. The molecule has 4 nitrogen and oxygen atoms in total. The average Bonchev–Trinajstić information content (AvgIpc) is 3.14. The normalized spacial score (nSPS) is 13.8. The van der Waals surface area contributed by atoms with Crippen LogP contribution in [0, 0.1) is 0 Å². The molecule has 0 fully saturated rings. The number of aromatic nitrogens is 3. The molecule has 4 rings (SSSR count). The Hall–Kier alpha value is -1.15. The predicted molar refractivity (Wildman–Crippen MR) is 95.1 cm³/mol. The molecule has 0 atom stereocenters. The zero-order chi connectivity index (χ0) is 15.1. The molecule has 0 N–H and O–H groups in total. The standard InChI is InChI=1S/C14H8BrClN4S2/c15-12-6-5-11(22-12)10-7-21-14-18-17-13(20(14)19-10)8-1-3-9(16)4-2-8/h1-6H,7H2. The topological polar surface area (TPSA) is 43.1 Å². The lowest BCUT2D eigenvalue weighted by atomic mass is 10.2. The van der Waals surface area contributed by atoms with Gasteiger partial charge in [-0.1, -0.05) is 23.4 Å². The average molecular weight is 412 g/mol. The Bertz CT molecular complexity index is 869. The number of hydrogen-bond donors (Lipinski definition) is 0. The third-order valence-electron chi connectivity index (χ3n) is 3.13. The minimum Gasteiger partial charge on any atom is -0.186 e. The smallest absolute Gasteiger partial charge is 0.186 e. The number of thioether (sulfide) groups is 1. The fourth-order valence-electron chi connectivity index (χ4n) is 2.10. The molecule has 22 heavy (non-hydrogen) atoms. The minimum absolute atomic E-state index is 0.698. The summed E-state index contributed by atoms with van der Waals surface area (Å²) in [5, 5.41) is 14.7. The largest absolute Gasteiger partial charge is 0.212 e. The molecule has 110 valence electrons. The molecule has 3 heterocycles. The molecule has 2 aromatic heterocycles. The maximum absolute atomic E-state index is 5.94. The summed E-state index contributed by atoms with van der Waals surface area (Å²) in [6.45, 7) is 0. The number of thiophene rings is 1. The zero-order valence-electron chi connectivity index (χ0n) is 11.0. The van der Waals surface area contributed by atoms with Gasteiger partial charge in [-0.15, -0.1) is 21.5 Å². The van der Waals surface area contributed by atoms with E-state index in [-0.39, 0.29) is 0 Å². The first-order valence-electron chi connectivity index (χ1n) is 6.38. The van der Waals surface area contributed by atoms with E-state index in [9.17, 15) is 0 Å². The second-order valence-electron chi connectivity index (χ2n) is 4.56. The Labute approximate surface area is 148 Å². The van der Waals surface area contributed by atoms with Gasteiger partial charge in [-0.2, -0.15) is 9.78 Å². The van der Waals surface area contributed by atoms with Crippen molar-refractivity contribution in [2.24, 2.45) is 5.10 Å². The number of fused-ring (bicyclic) bond motifs is 1. The second kappa shape index (κ2) is 5.81. The van der Waals surface area contributed by atoms with Crippen LogP contribution < -0.4 is 0 Å². The van der Waals surface area contributed by atoms with Crippen molar-refractivity contribution < 1.29 is 0 Å². The van der Waals surface area contributed by atoms with Crippen molar-refractivity contribution in [3.8, 4) is 11.4 Å². The van der Waals surface area contributed by atoms with Crippen molar-refractivity contribution >= 4 is 56.3 Å². The van der Waals surface area contributed by atoms with Crippen LogP contribution in [-0.4, -0.2) is 26.3 Å². The minimum atomic E-state index is 0.698. The van der Waals surface area contributed by atoms with E-state index in [2.05, 4.69) is 32.2 Å². The highest BCUT2D eigenvalue weighted by Crippen LogP contribution is 2.31. The first kappa shape index (κ1) is 14.4. The van der Waals surface area contributed by atoms with E-state index in [0.29, 0.717) is 5.02 Å². The Balaban J connectivity index is 1.79. The van der Waals surface area contributed by atoms with Crippen LogP contribution in [0.2, 0.25) is 5.02 Å². The van der Waals surface area contributed by atoms with E-state index in [1.807, 2.05) is 30.3 Å². The fourth-order valence-corrected chi connectivity index (χ4v) is 4.51. The van der Waals surface area contributed by atoms with Gasteiger partial charge in [-0.05, 0) is 52.3 Å². The lowest BCUT2D eigenvalue weighted by molar-refractivity contribution is 0.763. The summed E-state index contributed by atoms with van der Waals surface area (Å²) >= 11 is 12.8. The molecule has 0 spiro atoms. The monoisotopic (exact) mass is 410 g/mol. The fraction of sp³-hybridized carbons (Fsp3) is 0.0714. The Morgan fingerprint density at radius 2 is 1.91 bits per heavy atom. The van der Waals surface area contributed by atoms with Crippen molar-refractivity contribution in [2.75, 3.05) is 5.75 Å². The lowest BCUT2D eigenvalue weighted by Crippen LogP contribution is -2.12. The number of halogens is 2. The van der Waals surface area contributed by atoms with Gasteiger partial charge in [0.25, 0.3) is 0 Å². The maximum atomic E-state index is 5.94. The molecule has 0 bridgehead atoms. The Morgan fingerprint density at radius 1 is 1.09 bits per heavy atom. The number of rotatable bonds is 2. The van der Waals surface area contributed by atoms with Crippen LogP contribution in [0.1, 0.15) is 4.88 Å². The predicted octanol–water partition coefficient (Wildman–Crippen LogP) is 4.78. The molecule has 0 radical (unpaired) electrons. The van der Waals surface area contributed by atoms with Crippen molar-refractivity contribution in [3.63, 3.8) is 0 Å². The number of benzene rings is 1. The van der Waals surface area contributed by atoms with Gasteiger partial charge in [-0.3, -0.25) is 0 Å². The molecule has 8 heteroatoms. The van der Waals surface area contributed by atoms with Crippen molar-refractivity contribution in [1.29, 1.82) is 0 Å². The molecular weight excluding hydrogens is 404 g/mol. The molecule has 3 aromatic rings. The van der Waals surface area contributed by atoms with Crippen LogP contribution in [0.3, 0.4) is 0 Å². The highest BCUT2D eigenvalue weighted by atomic mass is 79.9. The van der Waals surface area contributed by atoms with Gasteiger partial charge < -0.3 is 0 Å². The highest BCUT2D eigenvalue weighted by molar-refractivity contribution is 9.11. The first-order chi connectivity index (χ1) is 10.7. The summed E-state index contributed by atoms with van der Waals surface area (Å²) < 4.78 is 2.91. The molecule has 0 unspecified atom stereocenters. The van der Waals surface area contributed by atoms with E-state index >= 15 is 0 Å². The van der Waals surface area contributed by atoms with Gasteiger partial charge in [0.15, 0.2) is 5.82 Å². The van der Waals surface area contributed by atoms with Gasteiger partial charge >= 0.3 is 0 Å². The van der Waals surface area contributed by atoms with Crippen LogP contribution in [0.25, 0.3) is 11.4 Å². The van der Waals surface area contributed by atoms with Gasteiger partial charge in [0.2, 0.25) is 5.16 Å². The molecular formula is C14H8BrClN4S2. The molecule has 1 aliphatic heterocycles. The van der Waals surface area contributed by atoms with E-state index in [0.717, 1.165) is 36.7 Å². The first-order valence-corrected chi connectivity index (χ1v) is 9.36. The van der Waals surface area contributed by atoms with Crippen LogP contribution in [0.15, 0.2) is 50.4 Å². The van der Waals surface area contributed by atoms with Gasteiger partial charge in [0.05, 0.1) is 14.4 Å². The van der Waals surface area contributed by atoms with Gasteiger partial charge in [-0.25, -0.2) is 0 Å². The van der Waals surface area contributed by atoms with E-state index < -0.39 is 0 Å².